The predicted octanol–water partition coefficient (Wildman–Crippen LogP) is -0.442. The number of nitrogens with zero attached hydrogens (tertiary/aromatic N) is 1. The van der Waals surface area contributed by atoms with Crippen molar-refractivity contribution in [2.45, 2.75) is 12.8 Å². The molecule has 0 aromatic rings. The second-order valence-electron chi connectivity index (χ2n) is 2.83. The Morgan fingerprint density at radius 2 is 2.36 bits per heavy atom. The van der Waals surface area contributed by atoms with Crippen LogP contribution in [0.2, 0.25) is 0 Å². The fraction of sp³-hybridized carbons (Fsp3) is 0.571. The molecule has 60 valence electrons. The first-order valence-corrected chi connectivity index (χ1v) is 3.86. The van der Waals surface area contributed by atoms with Crippen LogP contribution in [0.5, 0.6) is 0 Å². The van der Waals surface area contributed by atoms with E-state index in [9.17, 15) is 4.79 Å². The zero-order chi connectivity index (χ0) is 7.68. The van der Waals surface area contributed by atoms with Crippen LogP contribution in [-0.2, 0) is 4.79 Å². The summed E-state index contributed by atoms with van der Waals surface area (Å²) in [6.07, 6.45) is 4.37. The third-order valence-corrected chi connectivity index (χ3v) is 1.97. The lowest BCUT2D eigenvalue weighted by molar-refractivity contribution is -0.124. The molecule has 1 amide bonds. The number of hydrogen-bond acceptors (Lipinski definition) is 3. The highest BCUT2D eigenvalue weighted by atomic mass is 16.2. The maximum Gasteiger partial charge on any atom is 0.257 e. The van der Waals surface area contributed by atoms with Crippen molar-refractivity contribution in [1.29, 1.82) is 0 Å². The third-order valence-electron chi connectivity index (χ3n) is 1.97. The largest absolute Gasteiger partial charge is 0.348 e. The van der Waals surface area contributed by atoms with Crippen LogP contribution in [0, 0.1) is 0 Å². The number of carbonyl (C=O) groups excluding carboxylic acids is 1. The van der Waals surface area contributed by atoms with Gasteiger partial charge in [0.1, 0.15) is 5.82 Å². The highest BCUT2D eigenvalue weighted by molar-refractivity contribution is 5.78. The predicted molar refractivity (Wildman–Crippen MR) is 40.2 cm³/mol. The molecule has 11 heavy (non-hydrogen) atoms. The maximum atomic E-state index is 10.9. The van der Waals surface area contributed by atoms with Crippen molar-refractivity contribution in [3.8, 4) is 0 Å². The summed E-state index contributed by atoms with van der Waals surface area (Å²) >= 11 is 0. The van der Waals surface area contributed by atoms with E-state index in [1.165, 1.54) is 0 Å². The van der Waals surface area contributed by atoms with Gasteiger partial charge in [-0.2, -0.15) is 0 Å². The molecule has 2 rings (SSSR count). The molecule has 0 saturated carbocycles. The molecule has 4 heteroatoms. The second-order valence-corrected chi connectivity index (χ2v) is 2.83. The van der Waals surface area contributed by atoms with Crippen molar-refractivity contribution >= 4 is 5.91 Å². The monoisotopic (exact) mass is 153 g/mol. The molecule has 0 atom stereocenters. The van der Waals surface area contributed by atoms with Crippen LogP contribution in [0.4, 0.5) is 0 Å². The van der Waals surface area contributed by atoms with Gasteiger partial charge in [-0.15, -0.1) is 0 Å². The summed E-state index contributed by atoms with van der Waals surface area (Å²) in [6, 6.07) is 0. The lowest BCUT2D eigenvalue weighted by Gasteiger charge is -2.34. The topological polar surface area (TPSA) is 44.4 Å². The van der Waals surface area contributed by atoms with Gasteiger partial charge in [0.05, 0.1) is 6.54 Å². The number of hydrogen-bond donors (Lipinski definition) is 2. The van der Waals surface area contributed by atoms with E-state index in [1.807, 2.05) is 0 Å². The van der Waals surface area contributed by atoms with E-state index in [1.54, 1.807) is 0 Å². The number of amides is 1. The van der Waals surface area contributed by atoms with Crippen molar-refractivity contribution in [2.24, 2.45) is 0 Å². The van der Waals surface area contributed by atoms with E-state index in [0.29, 0.717) is 6.54 Å². The SMILES string of the molecule is O=C1CN2CCCC=C2NN1. The zero-order valence-electron chi connectivity index (χ0n) is 6.26. The molecule has 0 aromatic heterocycles. The van der Waals surface area contributed by atoms with E-state index in [-0.39, 0.29) is 5.91 Å². The molecular formula is C7H11N3O. The first-order valence-electron chi connectivity index (χ1n) is 3.86. The van der Waals surface area contributed by atoms with Crippen molar-refractivity contribution in [2.75, 3.05) is 13.1 Å². The van der Waals surface area contributed by atoms with Gasteiger partial charge < -0.3 is 4.90 Å². The third kappa shape index (κ3) is 1.15. The molecular weight excluding hydrogens is 142 g/mol. The molecule has 2 aliphatic rings. The van der Waals surface area contributed by atoms with Gasteiger partial charge in [0.15, 0.2) is 0 Å². The Balaban J connectivity index is 2.12. The number of allylic oxidation sites excluding steroid dienone is 1. The van der Waals surface area contributed by atoms with Gasteiger partial charge in [-0.05, 0) is 18.9 Å². The van der Waals surface area contributed by atoms with Crippen LogP contribution in [-0.4, -0.2) is 23.9 Å². The van der Waals surface area contributed by atoms with Crippen LogP contribution >= 0.6 is 0 Å². The highest BCUT2D eigenvalue weighted by Crippen LogP contribution is 2.12. The highest BCUT2D eigenvalue weighted by Gasteiger charge is 2.20. The first kappa shape index (κ1) is 6.52. The zero-order valence-corrected chi connectivity index (χ0v) is 6.26. The van der Waals surface area contributed by atoms with E-state index in [4.69, 9.17) is 0 Å². The van der Waals surface area contributed by atoms with Crippen LogP contribution < -0.4 is 10.9 Å². The summed E-state index contributed by atoms with van der Waals surface area (Å²) < 4.78 is 0. The Morgan fingerprint density at radius 1 is 1.45 bits per heavy atom. The minimum atomic E-state index is 0.0454. The molecule has 0 unspecified atom stereocenters. The molecule has 0 aromatic carbocycles. The molecule has 0 bridgehead atoms. The molecule has 1 saturated heterocycles. The Kier molecular flexibility index (Phi) is 1.45. The average Bonchev–Trinajstić information content (AvgIpc) is 2.04. The molecule has 0 aliphatic carbocycles. The van der Waals surface area contributed by atoms with Crippen LogP contribution in [0.3, 0.4) is 0 Å². The Bertz CT molecular complexity index is 212. The minimum absolute atomic E-state index is 0.0454. The quantitative estimate of drug-likeness (QED) is 0.496. The van der Waals surface area contributed by atoms with Gasteiger partial charge in [-0.3, -0.25) is 15.6 Å². The summed E-state index contributed by atoms with van der Waals surface area (Å²) in [6.45, 7) is 1.49. The Morgan fingerprint density at radius 3 is 3.27 bits per heavy atom. The normalized spacial score (nSPS) is 23.1. The fourth-order valence-corrected chi connectivity index (χ4v) is 1.41. The summed E-state index contributed by atoms with van der Waals surface area (Å²) in [5.74, 6) is 1.10. The van der Waals surface area contributed by atoms with Gasteiger partial charge >= 0.3 is 0 Å². The van der Waals surface area contributed by atoms with Crippen molar-refractivity contribution in [3.05, 3.63) is 11.9 Å². The minimum Gasteiger partial charge on any atom is -0.348 e. The van der Waals surface area contributed by atoms with Crippen LogP contribution in [0.1, 0.15) is 12.8 Å². The van der Waals surface area contributed by atoms with E-state index in [2.05, 4.69) is 21.8 Å². The van der Waals surface area contributed by atoms with Gasteiger partial charge in [0, 0.05) is 6.54 Å². The number of carbonyl (C=O) groups is 1. The molecule has 0 spiro atoms. The smallest absolute Gasteiger partial charge is 0.257 e. The van der Waals surface area contributed by atoms with E-state index in [0.717, 1.165) is 25.2 Å². The van der Waals surface area contributed by atoms with Gasteiger partial charge in [-0.25, -0.2) is 0 Å². The summed E-state index contributed by atoms with van der Waals surface area (Å²) in [7, 11) is 0. The fourth-order valence-electron chi connectivity index (χ4n) is 1.41. The second kappa shape index (κ2) is 2.45. The number of hydrazine groups is 1. The van der Waals surface area contributed by atoms with Gasteiger partial charge in [0.25, 0.3) is 5.91 Å². The molecule has 0 radical (unpaired) electrons. The van der Waals surface area contributed by atoms with Crippen LogP contribution in [0.25, 0.3) is 0 Å². The van der Waals surface area contributed by atoms with Crippen LogP contribution in [0.15, 0.2) is 11.9 Å². The first-order chi connectivity index (χ1) is 5.36. The van der Waals surface area contributed by atoms with Crippen molar-refractivity contribution in [3.63, 3.8) is 0 Å². The maximum absolute atomic E-state index is 10.9. The number of rotatable bonds is 0. The summed E-state index contributed by atoms with van der Waals surface area (Å²) in [5.41, 5.74) is 5.44. The van der Waals surface area contributed by atoms with Gasteiger partial charge in [0.2, 0.25) is 0 Å². The molecule has 2 N–H and O–H groups in total. The van der Waals surface area contributed by atoms with E-state index >= 15 is 0 Å². The number of fused-ring (bicyclic) bond motifs is 1. The lowest BCUT2D eigenvalue weighted by atomic mass is 10.2. The van der Waals surface area contributed by atoms with Crippen molar-refractivity contribution in [1.82, 2.24) is 15.8 Å². The number of nitrogens with one attached hydrogen (secondary N) is 2. The standard InChI is InChI=1S/C7H11N3O/c11-7-5-10-4-2-1-3-6(10)8-9-7/h3,8H,1-2,4-5H2,(H,9,11). The van der Waals surface area contributed by atoms with Gasteiger partial charge in [-0.1, -0.05) is 0 Å². The molecule has 1 fully saturated rings. The molecule has 2 heterocycles. The van der Waals surface area contributed by atoms with E-state index < -0.39 is 0 Å². The average molecular weight is 153 g/mol. The Labute approximate surface area is 65.2 Å². The lowest BCUT2D eigenvalue weighted by Crippen LogP contribution is -2.54. The Hall–Kier alpha value is -1.19. The van der Waals surface area contributed by atoms with Crippen molar-refractivity contribution < 1.29 is 4.79 Å². The molecule has 2 aliphatic heterocycles. The summed E-state index contributed by atoms with van der Waals surface area (Å²) in [4.78, 5) is 12.9. The molecule has 4 nitrogen and oxygen atoms in total. The summed E-state index contributed by atoms with van der Waals surface area (Å²) in [5, 5.41) is 0.